The zero-order valence-electron chi connectivity index (χ0n) is 19.0. The lowest BCUT2D eigenvalue weighted by Gasteiger charge is -2.57. The van der Waals surface area contributed by atoms with Crippen molar-refractivity contribution >= 4 is 5.97 Å². The summed E-state index contributed by atoms with van der Waals surface area (Å²) in [7, 11) is 0. The Bertz CT molecular complexity index is 583. The second kappa shape index (κ2) is 9.63. The van der Waals surface area contributed by atoms with Crippen molar-refractivity contribution in [2.24, 2.45) is 23.2 Å². The molecule has 1 atom stereocenters. The van der Waals surface area contributed by atoms with E-state index in [1.165, 1.54) is 70.6 Å². The topological polar surface area (TPSA) is 55.8 Å². The summed E-state index contributed by atoms with van der Waals surface area (Å²) in [5.41, 5.74) is 0.918. The lowest BCUT2D eigenvalue weighted by atomic mass is 9.48. The van der Waals surface area contributed by atoms with E-state index in [2.05, 4.69) is 6.92 Å². The van der Waals surface area contributed by atoms with Gasteiger partial charge in [0.15, 0.2) is 0 Å². The van der Waals surface area contributed by atoms with Gasteiger partial charge in [-0.05, 0) is 100 Å². The number of carbonyl (C=O) groups is 1. The number of hydrogen-bond acceptors (Lipinski definition) is 3. The SMILES string of the molecule is CCCCC1(CCCCCOC=C(CC23CC4CC(CC(C4)C2)C3)C(=O)O)CCO1. The van der Waals surface area contributed by atoms with Gasteiger partial charge in [0.2, 0.25) is 0 Å². The van der Waals surface area contributed by atoms with E-state index in [0.29, 0.717) is 18.6 Å². The second-order valence-electron chi connectivity index (χ2n) is 11.1. The Morgan fingerprint density at radius 3 is 2.20 bits per heavy atom. The molecule has 0 spiro atoms. The molecule has 1 unspecified atom stereocenters. The van der Waals surface area contributed by atoms with Crippen LogP contribution in [0.5, 0.6) is 0 Å². The zero-order chi connectivity index (χ0) is 21.0. The first-order chi connectivity index (χ1) is 14.5. The van der Waals surface area contributed by atoms with Gasteiger partial charge >= 0.3 is 5.97 Å². The van der Waals surface area contributed by atoms with Crippen LogP contribution in [0.2, 0.25) is 0 Å². The summed E-state index contributed by atoms with van der Waals surface area (Å²) in [6, 6.07) is 0. The second-order valence-corrected chi connectivity index (χ2v) is 11.1. The molecule has 4 nitrogen and oxygen atoms in total. The maximum absolute atomic E-state index is 11.9. The van der Waals surface area contributed by atoms with Crippen molar-refractivity contribution in [2.45, 2.75) is 109 Å². The molecule has 0 aromatic carbocycles. The molecule has 5 fully saturated rings. The van der Waals surface area contributed by atoms with Crippen LogP contribution in [0.3, 0.4) is 0 Å². The Hall–Kier alpha value is -1.03. The average molecular weight is 419 g/mol. The fraction of sp³-hybridized carbons (Fsp3) is 0.885. The highest BCUT2D eigenvalue weighted by Gasteiger charge is 2.51. The Morgan fingerprint density at radius 2 is 1.67 bits per heavy atom. The first-order valence-corrected chi connectivity index (χ1v) is 12.7. The highest BCUT2D eigenvalue weighted by molar-refractivity contribution is 5.86. The summed E-state index contributed by atoms with van der Waals surface area (Å²) in [6.45, 7) is 3.80. The monoisotopic (exact) mass is 418 g/mol. The minimum absolute atomic E-state index is 0.172. The van der Waals surface area contributed by atoms with E-state index in [1.807, 2.05) is 0 Å². The van der Waals surface area contributed by atoms with Gasteiger partial charge in [-0.3, -0.25) is 0 Å². The van der Waals surface area contributed by atoms with Crippen LogP contribution >= 0.6 is 0 Å². The van der Waals surface area contributed by atoms with Crippen LogP contribution in [0.1, 0.15) is 103 Å². The van der Waals surface area contributed by atoms with Gasteiger partial charge < -0.3 is 14.6 Å². The van der Waals surface area contributed by atoms with Crippen molar-refractivity contribution in [1.82, 2.24) is 0 Å². The molecule has 4 heteroatoms. The molecule has 0 radical (unpaired) electrons. The van der Waals surface area contributed by atoms with Crippen LogP contribution in [0.15, 0.2) is 11.8 Å². The summed E-state index contributed by atoms with van der Waals surface area (Å²) >= 11 is 0. The first kappa shape index (κ1) is 22.2. The Balaban J connectivity index is 1.18. The molecule has 1 saturated heterocycles. The highest BCUT2D eigenvalue weighted by atomic mass is 16.5. The molecular formula is C26H42O4. The molecule has 4 saturated carbocycles. The van der Waals surface area contributed by atoms with Gasteiger partial charge in [0.05, 0.1) is 30.6 Å². The third-order valence-corrected chi connectivity index (χ3v) is 8.58. The number of ether oxygens (including phenoxy) is 2. The smallest absolute Gasteiger partial charge is 0.334 e. The number of hydrogen-bond donors (Lipinski definition) is 1. The number of carboxylic acids is 1. The lowest BCUT2D eigenvalue weighted by Crippen LogP contribution is -2.46. The predicted octanol–water partition coefficient (Wildman–Crippen LogP) is 6.49. The van der Waals surface area contributed by atoms with E-state index in [-0.39, 0.29) is 11.0 Å². The lowest BCUT2D eigenvalue weighted by molar-refractivity contribution is -0.157. The summed E-state index contributed by atoms with van der Waals surface area (Å²) in [4.78, 5) is 11.9. The number of unbranched alkanes of at least 4 members (excludes halogenated alkanes) is 3. The van der Waals surface area contributed by atoms with Crippen molar-refractivity contribution < 1.29 is 19.4 Å². The molecule has 30 heavy (non-hydrogen) atoms. The molecule has 0 aromatic heterocycles. The normalized spacial score (nSPS) is 37.2. The average Bonchev–Trinajstić information content (AvgIpc) is 2.66. The van der Waals surface area contributed by atoms with Crippen molar-refractivity contribution in [1.29, 1.82) is 0 Å². The molecule has 1 aliphatic heterocycles. The van der Waals surface area contributed by atoms with E-state index in [9.17, 15) is 9.90 Å². The molecule has 1 heterocycles. The predicted molar refractivity (Wildman–Crippen MR) is 118 cm³/mol. The van der Waals surface area contributed by atoms with Gasteiger partial charge in [0.25, 0.3) is 0 Å². The van der Waals surface area contributed by atoms with Crippen molar-refractivity contribution in [2.75, 3.05) is 13.2 Å². The summed E-state index contributed by atoms with van der Waals surface area (Å²) in [6.07, 6.45) is 19.6. The molecule has 170 valence electrons. The molecule has 1 N–H and O–H groups in total. The van der Waals surface area contributed by atoms with Gasteiger partial charge in [-0.15, -0.1) is 0 Å². The molecule has 4 aliphatic carbocycles. The molecule has 4 bridgehead atoms. The summed E-state index contributed by atoms with van der Waals surface area (Å²) in [5.74, 6) is 1.78. The van der Waals surface area contributed by atoms with Gasteiger partial charge in [-0.1, -0.05) is 26.2 Å². The van der Waals surface area contributed by atoms with Gasteiger partial charge in [0.1, 0.15) is 0 Å². The quantitative estimate of drug-likeness (QED) is 0.211. The number of rotatable bonds is 13. The highest BCUT2D eigenvalue weighted by Crippen LogP contribution is 2.62. The van der Waals surface area contributed by atoms with Crippen LogP contribution < -0.4 is 0 Å². The fourth-order valence-electron chi connectivity index (χ4n) is 7.46. The molecule has 0 aromatic rings. The van der Waals surface area contributed by atoms with Gasteiger partial charge in [-0.25, -0.2) is 4.79 Å². The standard InChI is InChI=1S/C26H42O4/c1-2-3-7-26(9-11-30-26)8-5-4-6-10-29-19-23(24(27)28)18-25-15-20-12-21(16-25)14-22(13-20)17-25/h19-22H,2-18H2,1H3,(H,27,28). The van der Waals surface area contributed by atoms with E-state index in [0.717, 1.165) is 43.6 Å². The van der Waals surface area contributed by atoms with Gasteiger partial charge in [-0.2, -0.15) is 0 Å². The number of carboxylic acid groups (broad SMARTS) is 1. The van der Waals surface area contributed by atoms with Crippen LogP contribution in [-0.4, -0.2) is 29.9 Å². The van der Waals surface area contributed by atoms with Crippen LogP contribution in [0.25, 0.3) is 0 Å². The van der Waals surface area contributed by atoms with Crippen molar-refractivity contribution in [3.05, 3.63) is 11.8 Å². The van der Waals surface area contributed by atoms with Crippen LogP contribution in [0, 0.1) is 23.2 Å². The third-order valence-electron chi connectivity index (χ3n) is 8.58. The molecule has 5 aliphatic rings. The fourth-order valence-corrected chi connectivity index (χ4v) is 7.46. The van der Waals surface area contributed by atoms with Crippen molar-refractivity contribution in [3.63, 3.8) is 0 Å². The molecular weight excluding hydrogens is 376 g/mol. The Kier molecular flexibility index (Phi) is 7.12. The van der Waals surface area contributed by atoms with E-state index < -0.39 is 5.97 Å². The molecule has 5 rings (SSSR count). The first-order valence-electron chi connectivity index (χ1n) is 12.7. The van der Waals surface area contributed by atoms with Crippen LogP contribution in [0.4, 0.5) is 0 Å². The summed E-state index contributed by atoms with van der Waals surface area (Å²) < 4.78 is 11.6. The van der Waals surface area contributed by atoms with Gasteiger partial charge in [0, 0.05) is 0 Å². The summed E-state index contributed by atoms with van der Waals surface area (Å²) in [5, 5.41) is 9.75. The third kappa shape index (κ3) is 5.23. The van der Waals surface area contributed by atoms with Crippen molar-refractivity contribution in [3.8, 4) is 0 Å². The van der Waals surface area contributed by atoms with E-state index in [1.54, 1.807) is 6.26 Å². The maximum Gasteiger partial charge on any atom is 0.334 e. The minimum Gasteiger partial charge on any atom is -0.501 e. The van der Waals surface area contributed by atoms with Crippen LogP contribution in [-0.2, 0) is 14.3 Å². The Labute approximate surface area is 182 Å². The van der Waals surface area contributed by atoms with E-state index in [4.69, 9.17) is 9.47 Å². The zero-order valence-corrected chi connectivity index (χ0v) is 19.0. The number of aliphatic carboxylic acids is 1. The minimum atomic E-state index is -0.786. The Morgan fingerprint density at radius 1 is 1.03 bits per heavy atom. The largest absolute Gasteiger partial charge is 0.501 e. The van der Waals surface area contributed by atoms with E-state index >= 15 is 0 Å². The maximum atomic E-state index is 11.9. The molecule has 0 amide bonds.